The van der Waals surface area contributed by atoms with Crippen LogP contribution in [0, 0.1) is 0 Å². The third-order valence-corrected chi connectivity index (χ3v) is 2.83. The number of carbonyl (C=O) groups is 1. The molecule has 0 saturated carbocycles. The highest BCUT2D eigenvalue weighted by Crippen LogP contribution is 2.30. The summed E-state index contributed by atoms with van der Waals surface area (Å²) in [6.07, 6.45) is 0. The van der Waals surface area contributed by atoms with Gasteiger partial charge in [0, 0.05) is 15.9 Å². The maximum absolute atomic E-state index is 11.1. The van der Waals surface area contributed by atoms with Crippen molar-refractivity contribution in [2.45, 2.75) is 19.8 Å². The summed E-state index contributed by atoms with van der Waals surface area (Å²) >= 11 is 5.87. The standard InChI is InChI=1S/C12H12ClNO2/c1-6(2)10-8-4-3-7(13)5-9(8)14-11(10)12(15)16/h3-6,14H,1-2H3,(H,15,16). The van der Waals surface area contributed by atoms with Crippen LogP contribution in [0.15, 0.2) is 18.2 Å². The Bertz CT molecular complexity index is 557. The predicted molar refractivity (Wildman–Crippen MR) is 64.4 cm³/mol. The lowest BCUT2D eigenvalue weighted by molar-refractivity contribution is 0.0690. The van der Waals surface area contributed by atoms with Crippen molar-refractivity contribution in [3.63, 3.8) is 0 Å². The highest BCUT2D eigenvalue weighted by atomic mass is 35.5. The van der Waals surface area contributed by atoms with E-state index in [-0.39, 0.29) is 11.6 Å². The number of fused-ring (bicyclic) bond motifs is 1. The van der Waals surface area contributed by atoms with Crippen LogP contribution in [-0.2, 0) is 0 Å². The van der Waals surface area contributed by atoms with Gasteiger partial charge in [0.2, 0.25) is 0 Å². The Morgan fingerprint density at radius 2 is 2.12 bits per heavy atom. The van der Waals surface area contributed by atoms with E-state index in [1.54, 1.807) is 12.1 Å². The zero-order valence-electron chi connectivity index (χ0n) is 9.04. The van der Waals surface area contributed by atoms with Crippen molar-refractivity contribution in [3.8, 4) is 0 Å². The molecule has 2 aromatic rings. The Morgan fingerprint density at radius 1 is 1.44 bits per heavy atom. The number of benzene rings is 1. The smallest absolute Gasteiger partial charge is 0.352 e. The SMILES string of the molecule is CC(C)c1c(C(=O)O)[nH]c2cc(Cl)ccc12. The predicted octanol–water partition coefficient (Wildman–Crippen LogP) is 3.64. The number of halogens is 1. The van der Waals surface area contributed by atoms with Gasteiger partial charge in [0.05, 0.1) is 0 Å². The molecule has 0 bridgehead atoms. The average Bonchev–Trinajstić information content (AvgIpc) is 2.55. The summed E-state index contributed by atoms with van der Waals surface area (Å²) in [5.74, 6) is -0.781. The number of aromatic nitrogens is 1. The number of carboxylic acids is 1. The second kappa shape index (κ2) is 3.83. The van der Waals surface area contributed by atoms with E-state index in [0.29, 0.717) is 5.02 Å². The summed E-state index contributed by atoms with van der Waals surface area (Å²) in [6.45, 7) is 3.95. The second-order valence-corrected chi connectivity index (χ2v) is 4.50. The minimum Gasteiger partial charge on any atom is -0.477 e. The molecule has 4 heteroatoms. The molecule has 0 atom stereocenters. The van der Waals surface area contributed by atoms with Crippen molar-refractivity contribution in [1.29, 1.82) is 0 Å². The molecule has 0 radical (unpaired) electrons. The number of aromatic carboxylic acids is 1. The van der Waals surface area contributed by atoms with Crippen molar-refractivity contribution in [2.24, 2.45) is 0 Å². The minimum atomic E-state index is -0.934. The Balaban J connectivity index is 2.81. The van der Waals surface area contributed by atoms with E-state index in [2.05, 4.69) is 4.98 Å². The lowest BCUT2D eigenvalue weighted by atomic mass is 9.99. The van der Waals surface area contributed by atoms with Gasteiger partial charge in [-0.2, -0.15) is 0 Å². The first kappa shape index (κ1) is 11.0. The molecule has 2 N–H and O–H groups in total. The molecule has 16 heavy (non-hydrogen) atoms. The Hall–Kier alpha value is -1.48. The number of hydrogen-bond donors (Lipinski definition) is 2. The van der Waals surface area contributed by atoms with Gasteiger partial charge in [-0.3, -0.25) is 0 Å². The summed E-state index contributed by atoms with van der Waals surface area (Å²) in [7, 11) is 0. The third-order valence-electron chi connectivity index (χ3n) is 2.59. The fraction of sp³-hybridized carbons (Fsp3) is 0.250. The van der Waals surface area contributed by atoms with E-state index in [9.17, 15) is 4.79 Å². The molecule has 0 fully saturated rings. The van der Waals surface area contributed by atoms with Crippen molar-refractivity contribution in [3.05, 3.63) is 34.5 Å². The lowest BCUT2D eigenvalue weighted by Gasteiger charge is -2.04. The maximum Gasteiger partial charge on any atom is 0.352 e. The Labute approximate surface area is 98.0 Å². The monoisotopic (exact) mass is 237 g/mol. The van der Waals surface area contributed by atoms with Crippen molar-refractivity contribution in [1.82, 2.24) is 4.98 Å². The van der Waals surface area contributed by atoms with Crippen LogP contribution >= 0.6 is 11.6 Å². The molecule has 0 aliphatic heterocycles. The summed E-state index contributed by atoms with van der Waals surface area (Å²) < 4.78 is 0. The minimum absolute atomic E-state index is 0.154. The molecular weight excluding hydrogens is 226 g/mol. The van der Waals surface area contributed by atoms with E-state index < -0.39 is 5.97 Å². The van der Waals surface area contributed by atoms with Crippen LogP contribution in [-0.4, -0.2) is 16.1 Å². The number of hydrogen-bond acceptors (Lipinski definition) is 1. The van der Waals surface area contributed by atoms with Crippen LogP contribution < -0.4 is 0 Å². The van der Waals surface area contributed by atoms with Gasteiger partial charge in [-0.25, -0.2) is 4.79 Å². The van der Waals surface area contributed by atoms with Crippen LogP contribution in [0.25, 0.3) is 10.9 Å². The van der Waals surface area contributed by atoms with Crippen molar-refractivity contribution >= 4 is 28.5 Å². The summed E-state index contributed by atoms with van der Waals surface area (Å²) in [6, 6.07) is 5.38. The van der Waals surface area contributed by atoms with Crippen LogP contribution in [0.5, 0.6) is 0 Å². The molecule has 3 nitrogen and oxygen atoms in total. The Kier molecular flexibility index (Phi) is 2.64. The first-order valence-corrected chi connectivity index (χ1v) is 5.43. The number of aromatic amines is 1. The fourth-order valence-electron chi connectivity index (χ4n) is 1.96. The van der Waals surface area contributed by atoms with Crippen LogP contribution in [0.1, 0.15) is 35.8 Å². The van der Waals surface area contributed by atoms with Gasteiger partial charge in [-0.1, -0.05) is 31.5 Å². The molecular formula is C12H12ClNO2. The molecule has 0 spiro atoms. The van der Waals surface area contributed by atoms with Gasteiger partial charge >= 0.3 is 5.97 Å². The molecule has 0 aliphatic rings. The highest BCUT2D eigenvalue weighted by Gasteiger charge is 2.19. The van der Waals surface area contributed by atoms with E-state index in [1.165, 1.54) is 0 Å². The number of nitrogens with one attached hydrogen (secondary N) is 1. The maximum atomic E-state index is 11.1. The van der Waals surface area contributed by atoms with Gasteiger partial charge < -0.3 is 10.1 Å². The second-order valence-electron chi connectivity index (χ2n) is 4.06. The van der Waals surface area contributed by atoms with Gasteiger partial charge in [0.1, 0.15) is 5.69 Å². The normalized spacial score (nSPS) is 11.2. The zero-order valence-corrected chi connectivity index (χ0v) is 9.80. The third kappa shape index (κ3) is 1.67. The molecule has 2 rings (SSSR count). The van der Waals surface area contributed by atoms with E-state index in [4.69, 9.17) is 16.7 Å². The average molecular weight is 238 g/mol. The van der Waals surface area contributed by atoms with Crippen LogP contribution in [0.3, 0.4) is 0 Å². The number of rotatable bonds is 2. The molecule has 1 aromatic carbocycles. The molecule has 0 saturated heterocycles. The van der Waals surface area contributed by atoms with E-state index in [1.807, 2.05) is 19.9 Å². The van der Waals surface area contributed by atoms with Crippen LogP contribution in [0.2, 0.25) is 5.02 Å². The number of H-pyrrole nitrogens is 1. The van der Waals surface area contributed by atoms with Gasteiger partial charge in [-0.15, -0.1) is 0 Å². The lowest BCUT2D eigenvalue weighted by Crippen LogP contribution is -2.02. The molecule has 0 unspecified atom stereocenters. The van der Waals surface area contributed by atoms with Crippen molar-refractivity contribution in [2.75, 3.05) is 0 Å². The van der Waals surface area contributed by atoms with E-state index in [0.717, 1.165) is 16.5 Å². The summed E-state index contributed by atoms with van der Waals surface area (Å²) in [5.41, 5.74) is 1.86. The largest absolute Gasteiger partial charge is 0.477 e. The quantitative estimate of drug-likeness (QED) is 0.838. The zero-order chi connectivity index (χ0) is 11.9. The molecule has 0 amide bonds. The first-order valence-electron chi connectivity index (χ1n) is 5.05. The first-order chi connectivity index (χ1) is 7.50. The van der Waals surface area contributed by atoms with Crippen LogP contribution in [0.4, 0.5) is 0 Å². The van der Waals surface area contributed by atoms with Crippen molar-refractivity contribution < 1.29 is 9.90 Å². The van der Waals surface area contributed by atoms with Gasteiger partial charge in [0.25, 0.3) is 0 Å². The molecule has 1 aromatic heterocycles. The summed E-state index contributed by atoms with van der Waals surface area (Å²) in [4.78, 5) is 14.0. The van der Waals surface area contributed by atoms with Gasteiger partial charge in [0.15, 0.2) is 0 Å². The highest BCUT2D eigenvalue weighted by molar-refractivity contribution is 6.31. The number of carboxylic acid groups (broad SMARTS) is 1. The molecule has 84 valence electrons. The summed E-state index contributed by atoms with van der Waals surface area (Å²) in [5, 5.41) is 10.6. The molecule has 1 heterocycles. The van der Waals surface area contributed by atoms with Gasteiger partial charge in [-0.05, 0) is 23.6 Å². The fourth-order valence-corrected chi connectivity index (χ4v) is 2.13. The Morgan fingerprint density at radius 3 is 2.69 bits per heavy atom. The van der Waals surface area contributed by atoms with E-state index >= 15 is 0 Å². The molecule has 0 aliphatic carbocycles. The topological polar surface area (TPSA) is 53.1 Å².